The van der Waals surface area contributed by atoms with Gasteiger partial charge in [0.2, 0.25) is 5.88 Å². The van der Waals surface area contributed by atoms with Gasteiger partial charge in [-0.1, -0.05) is 18.2 Å². The Bertz CT molecular complexity index is 1220. The number of ether oxygens (including phenoxy) is 2. The number of benzene rings is 1. The van der Waals surface area contributed by atoms with Crippen molar-refractivity contribution in [2.45, 2.75) is 6.61 Å². The molecule has 0 N–H and O–H groups in total. The molecule has 144 valence electrons. The van der Waals surface area contributed by atoms with Crippen molar-refractivity contribution in [1.82, 2.24) is 19.4 Å². The van der Waals surface area contributed by atoms with Crippen LogP contribution >= 0.6 is 0 Å². The molecule has 1 saturated heterocycles. The van der Waals surface area contributed by atoms with Crippen LogP contribution in [-0.2, 0) is 11.3 Å². The molecule has 5 rings (SSSR count). The van der Waals surface area contributed by atoms with Crippen LogP contribution < -0.4 is 9.64 Å². The van der Waals surface area contributed by atoms with Crippen molar-refractivity contribution in [1.29, 1.82) is 5.26 Å². The topological polar surface area (TPSA) is 88.6 Å². The van der Waals surface area contributed by atoms with E-state index in [1.165, 1.54) is 0 Å². The molecule has 3 aromatic heterocycles. The van der Waals surface area contributed by atoms with Gasteiger partial charge in [-0.15, -0.1) is 0 Å². The molecule has 0 amide bonds. The van der Waals surface area contributed by atoms with Crippen LogP contribution in [0.1, 0.15) is 11.4 Å². The fraction of sp³-hybridized carbons (Fsp3) is 0.238. The van der Waals surface area contributed by atoms with Crippen molar-refractivity contribution >= 4 is 22.4 Å². The summed E-state index contributed by atoms with van der Waals surface area (Å²) in [7, 11) is 0. The Kier molecular flexibility index (Phi) is 4.42. The summed E-state index contributed by atoms with van der Waals surface area (Å²) in [6, 6.07) is 13.9. The Morgan fingerprint density at radius 3 is 2.83 bits per heavy atom. The van der Waals surface area contributed by atoms with Crippen LogP contribution in [-0.4, -0.2) is 45.7 Å². The first-order valence-corrected chi connectivity index (χ1v) is 9.40. The van der Waals surface area contributed by atoms with E-state index < -0.39 is 0 Å². The van der Waals surface area contributed by atoms with Gasteiger partial charge in [0.05, 0.1) is 30.6 Å². The third-order valence-corrected chi connectivity index (χ3v) is 4.89. The molecule has 1 aromatic carbocycles. The molecule has 0 spiro atoms. The van der Waals surface area contributed by atoms with Crippen molar-refractivity contribution in [3.63, 3.8) is 0 Å². The first-order chi connectivity index (χ1) is 14.3. The van der Waals surface area contributed by atoms with E-state index in [-0.39, 0.29) is 6.61 Å². The number of para-hydroxylation sites is 1. The summed E-state index contributed by atoms with van der Waals surface area (Å²) in [6.45, 7) is 3.04. The van der Waals surface area contributed by atoms with Crippen molar-refractivity contribution in [2.24, 2.45) is 0 Å². The van der Waals surface area contributed by atoms with Gasteiger partial charge in [0.15, 0.2) is 11.5 Å². The van der Waals surface area contributed by atoms with Gasteiger partial charge >= 0.3 is 0 Å². The van der Waals surface area contributed by atoms with E-state index in [1.54, 1.807) is 10.6 Å². The summed E-state index contributed by atoms with van der Waals surface area (Å²) in [5, 5.41) is 10.5. The lowest BCUT2D eigenvalue weighted by Crippen LogP contribution is -2.37. The molecular formula is C21H18N6O2. The molecule has 8 nitrogen and oxygen atoms in total. The minimum Gasteiger partial charge on any atom is -0.471 e. The Morgan fingerprint density at radius 1 is 1.10 bits per heavy atom. The van der Waals surface area contributed by atoms with Gasteiger partial charge in [-0.05, 0) is 12.1 Å². The Balaban J connectivity index is 1.44. The standard InChI is InChI=1S/C21H18N6O2/c22-11-17-12-23-20(26-7-9-28-10-8-26)21-24-16(13-27(17)21)14-29-19-6-5-15-3-1-2-4-18(15)25-19/h1-6,12-13H,7-10,14H2. The van der Waals surface area contributed by atoms with Crippen LogP contribution in [0.3, 0.4) is 0 Å². The third-order valence-electron chi connectivity index (χ3n) is 4.89. The summed E-state index contributed by atoms with van der Waals surface area (Å²) in [6.07, 6.45) is 3.40. The minimum atomic E-state index is 0.250. The normalized spacial score (nSPS) is 14.2. The van der Waals surface area contributed by atoms with Crippen LogP contribution in [0.2, 0.25) is 0 Å². The molecule has 29 heavy (non-hydrogen) atoms. The van der Waals surface area contributed by atoms with Crippen LogP contribution in [0.5, 0.6) is 5.88 Å². The maximum atomic E-state index is 9.44. The zero-order chi connectivity index (χ0) is 19.6. The predicted molar refractivity (Wildman–Crippen MR) is 107 cm³/mol. The fourth-order valence-corrected chi connectivity index (χ4v) is 3.44. The van der Waals surface area contributed by atoms with Crippen LogP contribution in [0.25, 0.3) is 16.6 Å². The lowest BCUT2D eigenvalue weighted by molar-refractivity contribution is 0.122. The van der Waals surface area contributed by atoms with Crippen LogP contribution in [0, 0.1) is 11.3 Å². The second kappa shape index (κ2) is 7.37. The van der Waals surface area contributed by atoms with Crippen LogP contribution in [0.15, 0.2) is 48.8 Å². The molecule has 4 aromatic rings. The first-order valence-electron chi connectivity index (χ1n) is 9.40. The number of hydrogen-bond acceptors (Lipinski definition) is 7. The molecule has 0 unspecified atom stereocenters. The quantitative estimate of drug-likeness (QED) is 0.532. The van der Waals surface area contributed by atoms with Gasteiger partial charge in [-0.25, -0.2) is 15.0 Å². The molecule has 0 atom stereocenters. The summed E-state index contributed by atoms with van der Waals surface area (Å²) in [5.41, 5.74) is 2.67. The van der Waals surface area contributed by atoms with Gasteiger partial charge in [-0.2, -0.15) is 5.26 Å². The number of fused-ring (bicyclic) bond motifs is 2. The number of anilines is 1. The first kappa shape index (κ1) is 17.4. The summed E-state index contributed by atoms with van der Waals surface area (Å²) >= 11 is 0. The van der Waals surface area contributed by atoms with E-state index in [0.29, 0.717) is 36.1 Å². The second-order valence-electron chi connectivity index (χ2n) is 6.73. The van der Waals surface area contributed by atoms with Gasteiger partial charge < -0.3 is 14.4 Å². The number of nitriles is 1. The largest absolute Gasteiger partial charge is 0.471 e. The number of pyridine rings is 1. The molecule has 0 aliphatic carbocycles. The van der Waals surface area contributed by atoms with Crippen LogP contribution in [0.4, 0.5) is 5.82 Å². The predicted octanol–water partition coefficient (Wildman–Crippen LogP) is 2.56. The van der Waals surface area contributed by atoms with E-state index in [4.69, 9.17) is 9.47 Å². The average Bonchev–Trinajstić information content (AvgIpc) is 3.22. The molecule has 8 heteroatoms. The van der Waals surface area contributed by atoms with Gasteiger partial charge in [0, 0.05) is 30.7 Å². The third kappa shape index (κ3) is 3.32. The van der Waals surface area contributed by atoms with E-state index >= 15 is 0 Å². The van der Waals surface area contributed by atoms with Crippen molar-refractivity contribution < 1.29 is 9.47 Å². The summed E-state index contributed by atoms with van der Waals surface area (Å²) in [4.78, 5) is 15.8. The number of aromatic nitrogens is 4. The molecule has 4 heterocycles. The lowest BCUT2D eigenvalue weighted by atomic mass is 10.2. The Morgan fingerprint density at radius 2 is 1.97 bits per heavy atom. The number of imidazole rings is 1. The highest BCUT2D eigenvalue weighted by atomic mass is 16.5. The zero-order valence-corrected chi connectivity index (χ0v) is 15.7. The summed E-state index contributed by atoms with van der Waals surface area (Å²) in [5.74, 6) is 1.29. The maximum absolute atomic E-state index is 9.44. The number of morpholine rings is 1. The number of nitrogens with zero attached hydrogens (tertiary/aromatic N) is 6. The van der Waals surface area contributed by atoms with Crippen molar-refractivity contribution in [2.75, 3.05) is 31.2 Å². The van der Waals surface area contributed by atoms with E-state index in [9.17, 15) is 5.26 Å². The Labute approximate surface area is 167 Å². The molecule has 0 saturated carbocycles. The monoisotopic (exact) mass is 386 g/mol. The average molecular weight is 386 g/mol. The highest BCUT2D eigenvalue weighted by Gasteiger charge is 2.19. The molecular weight excluding hydrogens is 368 g/mol. The molecule has 1 fully saturated rings. The van der Waals surface area contributed by atoms with Gasteiger partial charge in [0.25, 0.3) is 0 Å². The van der Waals surface area contributed by atoms with Gasteiger partial charge in [0.1, 0.15) is 18.4 Å². The summed E-state index contributed by atoms with van der Waals surface area (Å²) < 4.78 is 13.1. The number of rotatable bonds is 4. The second-order valence-corrected chi connectivity index (χ2v) is 6.73. The molecule has 1 aliphatic heterocycles. The maximum Gasteiger partial charge on any atom is 0.214 e. The van der Waals surface area contributed by atoms with Gasteiger partial charge in [-0.3, -0.25) is 4.40 Å². The van der Waals surface area contributed by atoms with E-state index in [0.717, 1.165) is 29.8 Å². The zero-order valence-electron chi connectivity index (χ0n) is 15.7. The highest BCUT2D eigenvalue weighted by molar-refractivity contribution is 5.78. The Hall–Kier alpha value is -3.70. The van der Waals surface area contributed by atoms with Crippen molar-refractivity contribution in [3.05, 3.63) is 60.2 Å². The molecule has 0 bridgehead atoms. The molecule has 0 radical (unpaired) electrons. The van der Waals surface area contributed by atoms with E-state index in [2.05, 4.69) is 25.9 Å². The lowest BCUT2D eigenvalue weighted by Gasteiger charge is -2.27. The van der Waals surface area contributed by atoms with E-state index in [1.807, 2.05) is 42.6 Å². The highest BCUT2D eigenvalue weighted by Crippen LogP contribution is 2.22. The molecule has 1 aliphatic rings. The fourth-order valence-electron chi connectivity index (χ4n) is 3.44. The van der Waals surface area contributed by atoms with Crippen molar-refractivity contribution in [3.8, 4) is 11.9 Å². The minimum absolute atomic E-state index is 0.250. The number of hydrogen-bond donors (Lipinski definition) is 0. The smallest absolute Gasteiger partial charge is 0.214 e. The SMILES string of the molecule is N#Cc1cnc(N2CCOCC2)c2nc(COc3ccc4ccccc4n3)cn12.